The van der Waals surface area contributed by atoms with E-state index in [4.69, 9.17) is 9.72 Å². The molecule has 10 nitrogen and oxygen atoms in total. The molecule has 1 radical (unpaired) electrons. The van der Waals surface area contributed by atoms with Crippen LogP contribution in [-0.4, -0.2) is 58.6 Å². The van der Waals surface area contributed by atoms with Crippen molar-refractivity contribution in [3.8, 4) is 11.6 Å². The molecule has 199 valence electrons. The second-order valence-corrected chi connectivity index (χ2v) is 11.8. The molecule has 1 saturated carbocycles. The van der Waals surface area contributed by atoms with Gasteiger partial charge < -0.3 is 20.8 Å². The summed E-state index contributed by atoms with van der Waals surface area (Å²) in [5.41, 5.74) is 5.95. The third kappa shape index (κ3) is 5.31. The van der Waals surface area contributed by atoms with Gasteiger partial charge in [-0.05, 0) is 66.0 Å². The predicted octanol–water partition coefficient (Wildman–Crippen LogP) is 0.152. The summed E-state index contributed by atoms with van der Waals surface area (Å²) in [5.74, 6) is 1.43. The van der Waals surface area contributed by atoms with Gasteiger partial charge >= 0.3 is 18.9 Å². The molecule has 3 aliphatic rings. The number of thiol groups is 1. The van der Waals surface area contributed by atoms with E-state index in [1.807, 2.05) is 20.0 Å². The van der Waals surface area contributed by atoms with Gasteiger partial charge in [0.15, 0.2) is 5.65 Å². The summed E-state index contributed by atoms with van der Waals surface area (Å²) in [7, 11) is 1.13. The molecular formula is C27H30LiN6O4S. The largest absolute Gasteiger partial charge is 1.00 e. The molecule has 0 amide bonds. The zero-order chi connectivity index (χ0) is 24.4. The average Bonchev–Trinajstić information content (AvgIpc) is 3.55. The van der Waals surface area contributed by atoms with Crippen molar-refractivity contribution in [2.75, 3.05) is 6.54 Å². The van der Waals surface area contributed by atoms with Gasteiger partial charge in [-0.1, -0.05) is 17.3 Å². The molecule has 2 aliphatic heterocycles. The Morgan fingerprint density at radius 1 is 1.18 bits per heavy atom. The summed E-state index contributed by atoms with van der Waals surface area (Å²) in [5, 5.41) is 21.6. The number of aromatic hydroxyl groups is 1. The zero-order valence-corrected chi connectivity index (χ0v) is 23.1. The van der Waals surface area contributed by atoms with E-state index in [-0.39, 0.29) is 41.8 Å². The molecule has 0 spiro atoms. The first-order valence-corrected chi connectivity index (χ1v) is 13.7. The summed E-state index contributed by atoms with van der Waals surface area (Å²) in [6.45, 7) is 4.31. The molecule has 3 aromatic heterocycles. The summed E-state index contributed by atoms with van der Waals surface area (Å²) in [4.78, 5) is 13.0. The van der Waals surface area contributed by atoms with Crippen molar-refractivity contribution in [2.45, 2.75) is 48.9 Å². The van der Waals surface area contributed by atoms with Gasteiger partial charge in [0, 0.05) is 43.7 Å². The van der Waals surface area contributed by atoms with Crippen LogP contribution in [0.1, 0.15) is 35.2 Å². The number of hydrogen-bond acceptors (Lipinski definition) is 8. The standard InChI is InChI=1S/C27H27N6O2S.Li.2H2O/c1-16-12-25(29-27-26(16)30-31-32(27)2)36-11-10-19-18(4-3-5-23(19)36)13-33-14-20-21(8-9-24(34)28-20)35-22(15-33)17-6-7-17;;;/h3-5,8-11,17,22,36H,6-7,13-15H2,1-2H3,(H,28,34);;2*1H2/q;+1;;/p-1/t22-;;;/m0.../s1. The fraction of sp³-hybridized carbons (Fsp3) is 0.333. The van der Waals surface area contributed by atoms with Gasteiger partial charge in [-0.2, -0.15) is 10.9 Å². The van der Waals surface area contributed by atoms with Crippen LogP contribution in [0, 0.1) is 18.9 Å². The molecule has 7 rings (SSSR count). The summed E-state index contributed by atoms with van der Waals surface area (Å²) < 4.78 is 8.10. The maximum absolute atomic E-state index is 9.99. The number of rotatable bonds is 4. The molecule has 4 aromatic rings. The first-order chi connectivity index (χ1) is 17.5. The number of nitrogens with zero attached hydrogens (tertiary/aromatic N) is 6. The Morgan fingerprint density at radius 3 is 2.79 bits per heavy atom. The van der Waals surface area contributed by atoms with Crippen molar-refractivity contribution in [3.63, 3.8) is 0 Å². The van der Waals surface area contributed by atoms with Gasteiger partial charge in [-0.25, -0.2) is 14.6 Å². The molecule has 5 heterocycles. The van der Waals surface area contributed by atoms with Gasteiger partial charge in [0.05, 0.1) is 5.03 Å². The quantitative estimate of drug-likeness (QED) is 0.274. The number of benzene rings is 1. The van der Waals surface area contributed by atoms with Gasteiger partial charge in [0.1, 0.15) is 23.1 Å². The molecular weight excluding hydrogens is 511 g/mol. The maximum Gasteiger partial charge on any atom is 1.00 e. The van der Waals surface area contributed by atoms with Crippen molar-refractivity contribution < 1.29 is 39.7 Å². The van der Waals surface area contributed by atoms with Crippen LogP contribution in [0.4, 0.5) is 0 Å². The molecule has 12 heteroatoms. The van der Waals surface area contributed by atoms with Crippen LogP contribution in [0.15, 0.2) is 45.7 Å². The minimum absolute atomic E-state index is 0. The zero-order valence-electron chi connectivity index (χ0n) is 22.2. The van der Waals surface area contributed by atoms with Crippen LogP contribution in [0.5, 0.6) is 11.6 Å². The van der Waals surface area contributed by atoms with E-state index in [9.17, 15) is 5.11 Å². The third-order valence-electron chi connectivity index (χ3n) is 7.26. The first-order valence-electron chi connectivity index (χ1n) is 12.3. The molecule has 39 heavy (non-hydrogen) atoms. The normalized spacial score (nSPS) is 20.6. The van der Waals surface area contributed by atoms with Crippen molar-refractivity contribution in [2.24, 2.45) is 13.0 Å². The second kappa shape index (κ2) is 11.3. The van der Waals surface area contributed by atoms with Gasteiger partial charge in [-0.15, -0.1) is 5.10 Å². The van der Waals surface area contributed by atoms with Gasteiger partial charge in [-0.3, -0.25) is 4.90 Å². The fourth-order valence-electron chi connectivity index (χ4n) is 5.25. The van der Waals surface area contributed by atoms with E-state index in [1.54, 1.807) is 10.7 Å². The number of fused-ring (bicyclic) bond motifs is 3. The fourth-order valence-corrected chi connectivity index (χ4v) is 7.29. The van der Waals surface area contributed by atoms with Gasteiger partial charge in [0.2, 0.25) is 5.88 Å². The van der Waals surface area contributed by atoms with Crippen LogP contribution in [0.25, 0.3) is 17.2 Å². The van der Waals surface area contributed by atoms with E-state index >= 15 is 0 Å². The smallest absolute Gasteiger partial charge is 0.870 e. The van der Waals surface area contributed by atoms with Crippen molar-refractivity contribution in [1.29, 1.82) is 0 Å². The Kier molecular flexibility index (Phi) is 8.42. The van der Waals surface area contributed by atoms with E-state index in [1.165, 1.54) is 28.9 Å². The van der Waals surface area contributed by atoms with Crippen LogP contribution in [0.2, 0.25) is 0 Å². The molecule has 1 aromatic carbocycles. The summed E-state index contributed by atoms with van der Waals surface area (Å²) >= 11 is 0. The van der Waals surface area contributed by atoms with Gasteiger partial charge in [0.25, 0.3) is 0 Å². The topological polar surface area (TPSA) is 151 Å². The third-order valence-corrected chi connectivity index (χ3v) is 9.29. The van der Waals surface area contributed by atoms with Crippen molar-refractivity contribution >= 4 is 28.1 Å². The Morgan fingerprint density at radius 2 is 2.00 bits per heavy atom. The van der Waals surface area contributed by atoms with Crippen molar-refractivity contribution in [1.82, 2.24) is 29.9 Å². The maximum atomic E-state index is 9.99. The molecule has 4 N–H and O–H groups in total. The van der Waals surface area contributed by atoms with Crippen LogP contribution < -0.4 is 23.6 Å². The minimum Gasteiger partial charge on any atom is -0.870 e. The van der Waals surface area contributed by atoms with Crippen LogP contribution in [-0.2, 0) is 20.1 Å². The molecule has 2 atom stereocenters. The number of aromatic nitrogens is 5. The number of ether oxygens (including phenoxy) is 1. The van der Waals surface area contributed by atoms with E-state index in [0.717, 1.165) is 46.3 Å². The SMILES string of the molecule is Cc1[c]c([SH]2C=Cc3c(CN4Cc5nc(O)ccc5O[C@H](C5CC5)C4)cccc32)nc2c1nnn2C.O.[Li+].[OH-]. The van der Waals surface area contributed by atoms with Crippen molar-refractivity contribution in [3.05, 3.63) is 64.2 Å². The summed E-state index contributed by atoms with van der Waals surface area (Å²) in [6, 6.07) is 13.5. The second-order valence-electron chi connectivity index (χ2n) is 9.88. The summed E-state index contributed by atoms with van der Waals surface area (Å²) in [6.07, 6.45) is 4.83. The van der Waals surface area contributed by atoms with Crippen LogP contribution >= 0.6 is 10.9 Å². The van der Waals surface area contributed by atoms with E-state index in [2.05, 4.69) is 55.9 Å². The monoisotopic (exact) mass is 541 g/mol. The Hall–Kier alpha value is -2.91. The van der Waals surface area contributed by atoms with E-state index in [0.29, 0.717) is 12.5 Å². The Balaban J connectivity index is 0.00000118. The molecule has 0 bridgehead atoms. The predicted molar refractivity (Wildman–Crippen MR) is 144 cm³/mol. The number of hydrogen-bond donors (Lipinski definition) is 2. The van der Waals surface area contributed by atoms with Crippen LogP contribution in [0.3, 0.4) is 0 Å². The Bertz CT molecular complexity index is 1540. The number of aryl methyl sites for hydroxylation is 2. The van der Waals surface area contributed by atoms with E-state index < -0.39 is 10.9 Å². The first kappa shape index (κ1) is 29.1. The number of pyridine rings is 2. The molecule has 0 saturated heterocycles. The molecule has 1 unspecified atom stereocenters. The Labute approximate surface area is 241 Å². The molecule has 1 fully saturated rings. The molecule has 1 aliphatic carbocycles. The average molecular weight is 542 g/mol. The minimum atomic E-state index is -0.744.